The summed E-state index contributed by atoms with van der Waals surface area (Å²) in [5, 5.41) is 2.65. The van der Waals surface area contributed by atoms with Gasteiger partial charge in [-0.2, -0.15) is 8.78 Å². The minimum absolute atomic E-state index is 0.142. The van der Waals surface area contributed by atoms with Crippen molar-refractivity contribution in [1.82, 2.24) is 4.90 Å². The predicted octanol–water partition coefficient (Wildman–Crippen LogP) is 4.27. The second-order valence-electron chi connectivity index (χ2n) is 5.46. The van der Waals surface area contributed by atoms with Crippen LogP contribution in [0.2, 0.25) is 0 Å². The number of rotatable bonds is 6. The van der Waals surface area contributed by atoms with E-state index >= 15 is 0 Å². The molecule has 0 aromatic heterocycles. The van der Waals surface area contributed by atoms with Crippen molar-refractivity contribution >= 4 is 11.7 Å². The van der Waals surface area contributed by atoms with Crippen LogP contribution in [0.25, 0.3) is 0 Å². The summed E-state index contributed by atoms with van der Waals surface area (Å²) in [4.78, 5) is 13.8. The quantitative estimate of drug-likeness (QED) is 0.846. The summed E-state index contributed by atoms with van der Waals surface area (Å²) in [6, 6.07) is 11.7. The number of carbonyl (C=O) groups excluding carboxylic acids is 1. The molecule has 0 unspecified atom stereocenters. The molecule has 134 valence electrons. The predicted molar refractivity (Wildman–Crippen MR) is 91.3 cm³/mol. The van der Waals surface area contributed by atoms with Crippen LogP contribution in [0.1, 0.15) is 11.1 Å². The minimum Gasteiger partial charge on any atom is -0.493 e. The third-order valence-electron chi connectivity index (χ3n) is 3.65. The lowest BCUT2D eigenvalue weighted by Gasteiger charge is -2.20. The van der Waals surface area contributed by atoms with Crippen LogP contribution < -0.4 is 14.8 Å². The summed E-state index contributed by atoms with van der Waals surface area (Å²) in [6.07, 6.45) is 0. The first-order valence-corrected chi connectivity index (χ1v) is 7.60. The summed E-state index contributed by atoms with van der Waals surface area (Å²) < 4.78 is 34.3. The van der Waals surface area contributed by atoms with E-state index in [2.05, 4.69) is 10.1 Å². The molecule has 2 amide bonds. The number of urea groups is 1. The number of hydrogen-bond acceptors (Lipinski definition) is 3. The molecular formula is C18H20F2N2O3. The average Bonchev–Trinajstić information content (AvgIpc) is 2.56. The van der Waals surface area contributed by atoms with Crippen LogP contribution in [-0.4, -0.2) is 31.7 Å². The molecule has 0 heterocycles. The molecule has 0 saturated carbocycles. The van der Waals surface area contributed by atoms with E-state index < -0.39 is 6.61 Å². The molecule has 0 saturated heterocycles. The first-order valence-electron chi connectivity index (χ1n) is 7.60. The normalized spacial score (nSPS) is 10.5. The number of halogens is 2. The highest BCUT2D eigenvalue weighted by Crippen LogP contribution is 2.31. The van der Waals surface area contributed by atoms with Gasteiger partial charge in [-0.05, 0) is 30.2 Å². The molecule has 0 atom stereocenters. The van der Waals surface area contributed by atoms with Gasteiger partial charge in [-0.3, -0.25) is 0 Å². The monoisotopic (exact) mass is 350 g/mol. The molecule has 0 spiro atoms. The zero-order valence-corrected chi connectivity index (χ0v) is 14.3. The van der Waals surface area contributed by atoms with Crippen LogP contribution in [0.15, 0.2) is 42.5 Å². The number of nitrogens with zero attached hydrogens (tertiary/aromatic N) is 1. The lowest BCUT2D eigenvalue weighted by atomic mass is 10.1. The van der Waals surface area contributed by atoms with E-state index in [4.69, 9.17) is 4.74 Å². The van der Waals surface area contributed by atoms with E-state index in [9.17, 15) is 13.6 Å². The van der Waals surface area contributed by atoms with E-state index in [1.54, 1.807) is 13.1 Å². The number of alkyl halides is 2. The smallest absolute Gasteiger partial charge is 0.387 e. The summed E-state index contributed by atoms with van der Waals surface area (Å²) in [5.41, 5.74) is 2.44. The summed E-state index contributed by atoms with van der Waals surface area (Å²) in [5.74, 6) is 0.0171. The van der Waals surface area contributed by atoms with Crippen molar-refractivity contribution in [3.63, 3.8) is 0 Å². The molecule has 7 heteroatoms. The molecule has 0 bridgehead atoms. The molecule has 0 aliphatic rings. The highest BCUT2D eigenvalue weighted by molar-refractivity contribution is 5.89. The van der Waals surface area contributed by atoms with Gasteiger partial charge in [-0.1, -0.05) is 24.3 Å². The third-order valence-corrected chi connectivity index (χ3v) is 3.65. The molecule has 0 aliphatic heterocycles. The topological polar surface area (TPSA) is 50.8 Å². The van der Waals surface area contributed by atoms with E-state index in [1.165, 1.54) is 24.1 Å². The van der Waals surface area contributed by atoms with Crippen molar-refractivity contribution in [2.75, 3.05) is 19.5 Å². The number of ether oxygens (including phenoxy) is 2. The van der Waals surface area contributed by atoms with Crippen LogP contribution >= 0.6 is 0 Å². The second-order valence-corrected chi connectivity index (χ2v) is 5.46. The van der Waals surface area contributed by atoms with Gasteiger partial charge in [0.05, 0.1) is 7.11 Å². The molecule has 1 N–H and O–H groups in total. The summed E-state index contributed by atoms with van der Waals surface area (Å²) >= 11 is 0. The first kappa shape index (κ1) is 18.5. The van der Waals surface area contributed by atoms with Gasteiger partial charge in [-0.15, -0.1) is 0 Å². The van der Waals surface area contributed by atoms with Gasteiger partial charge >= 0.3 is 12.6 Å². The molecular weight excluding hydrogens is 330 g/mol. The number of anilines is 1. The zero-order chi connectivity index (χ0) is 18.4. The molecule has 0 radical (unpaired) electrons. The number of amides is 2. The maximum Gasteiger partial charge on any atom is 0.387 e. The van der Waals surface area contributed by atoms with Gasteiger partial charge < -0.3 is 19.7 Å². The number of nitrogens with one attached hydrogen (secondary N) is 1. The standard InChI is InChI=1S/C18H20F2N2O3/c1-12-6-4-5-7-13(12)11-22(2)18(23)21-14-8-9-15(24-3)16(10-14)25-17(19)20/h4-10,17H,11H2,1-3H3,(H,21,23). The molecule has 0 fully saturated rings. The van der Waals surface area contributed by atoms with E-state index in [0.29, 0.717) is 12.2 Å². The van der Waals surface area contributed by atoms with Gasteiger partial charge in [-0.25, -0.2) is 4.79 Å². The van der Waals surface area contributed by atoms with Gasteiger partial charge in [0.2, 0.25) is 0 Å². The Bertz CT molecular complexity index is 738. The van der Waals surface area contributed by atoms with Crippen LogP contribution in [0.4, 0.5) is 19.3 Å². The zero-order valence-electron chi connectivity index (χ0n) is 14.3. The van der Waals surface area contributed by atoms with Crippen molar-refractivity contribution in [3.05, 3.63) is 53.6 Å². The summed E-state index contributed by atoms with van der Waals surface area (Å²) in [7, 11) is 3.00. The van der Waals surface area contributed by atoms with Crippen molar-refractivity contribution < 1.29 is 23.0 Å². The number of methoxy groups -OCH3 is 1. The maximum atomic E-state index is 12.5. The van der Waals surface area contributed by atoms with E-state index in [-0.39, 0.29) is 17.5 Å². The maximum absolute atomic E-state index is 12.5. The highest BCUT2D eigenvalue weighted by atomic mass is 19.3. The fourth-order valence-corrected chi connectivity index (χ4v) is 2.28. The molecule has 0 aliphatic carbocycles. The van der Waals surface area contributed by atoms with Crippen LogP contribution in [0.5, 0.6) is 11.5 Å². The van der Waals surface area contributed by atoms with Gasteiger partial charge in [0.15, 0.2) is 11.5 Å². The Hall–Kier alpha value is -2.83. The lowest BCUT2D eigenvalue weighted by molar-refractivity contribution is -0.0511. The molecule has 2 rings (SSSR count). The SMILES string of the molecule is COc1ccc(NC(=O)N(C)Cc2ccccc2C)cc1OC(F)F. The highest BCUT2D eigenvalue weighted by Gasteiger charge is 2.14. The Morgan fingerprint density at radius 1 is 1.20 bits per heavy atom. The van der Waals surface area contributed by atoms with Gasteiger partial charge in [0, 0.05) is 25.3 Å². The van der Waals surface area contributed by atoms with Crippen molar-refractivity contribution in [2.45, 2.75) is 20.1 Å². The van der Waals surface area contributed by atoms with Gasteiger partial charge in [0.1, 0.15) is 0 Å². The summed E-state index contributed by atoms with van der Waals surface area (Å²) in [6.45, 7) is -0.586. The largest absolute Gasteiger partial charge is 0.493 e. The Kier molecular flexibility index (Phi) is 6.16. The molecule has 5 nitrogen and oxygen atoms in total. The second kappa shape index (κ2) is 8.32. The van der Waals surface area contributed by atoms with E-state index in [0.717, 1.165) is 11.1 Å². The van der Waals surface area contributed by atoms with Crippen LogP contribution in [0.3, 0.4) is 0 Å². The number of benzene rings is 2. The lowest BCUT2D eigenvalue weighted by Crippen LogP contribution is -2.31. The fourth-order valence-electron chi connectivity index (χ4n) is 2.28. The Morgan fingerprint density at radius 2 is 1.92 bits per heavy atom. The Morgan fingerprint density at radius 3 is 2.56 bits per heavy atom. The molecule has 25 heavy (non-hydrogen) atoms. The fraction of sp³-hybridized carbons (Fsp3) is 0.278. The number of hydrogen-bond donors (Lipinski definition) is 1. The Balaban J connectivity index is 2.07. The minimum atomic E-state index is -2.98. The number of carbonyl (C=O) groups is 1. The van der Waals surface area contributed by atoms with Crippen molar-refractivity contribution in [1.29, 1.82) is 0 Å². The first-order chi connectivity index (χ1) is 11.9. The Labute approximate surface area is 145 Å². The average molecular weight is 350 g/mol. The van der Waals surface area contributed by atoms with Crippen molar-refractivity contribution in [3.8, 4) is 11.5 Å². The molecule has 2 aromatic rings. The third kappa shape index (κ3) is 5.07. The number of aryl methyl sites for hydroxylation is 1. The van der Waals surface area contributed by atoms with Crippen molar-refractivity contribution in [2.24, 2.45) is 0 Å². The van der Waals surface area contributed by atoms with E-state index in [1.807, 2.05) is 31.2 Å². The molecule has 2 aromatic carbocycles. The van der Waals surface area contributed by atoms with Crippen LogP contribution in [-0.2, 0) is 6.54 Å². The van der Waals surface area contributed by atoms with Gasteiger partial charge in [0.25, 0.3) is 0 Å². The van der Waals surface area contributed by atoms with Crippen LogP contribution in [0, 0.1) is 6.92 Å².